The Balaban J connectivity index is 2.93. The van der Waals surface area contributed by atoms with Gasteiger partial charge in [0.2, 0.25) is 0 Å². The summed E-state index contributed by atoms with van der Waals surface area (Å²) in [6.45, 7) is 7.74. The fourth-order valence-corrected chi connectivity index (χ4v) is 1.90. The molecule has 0 amide bonds. The fraction of sp³-hybridized carbons (Fsp3) is 0.417. The largest absolute Gasteiger partial charge is 0.234 e. The number of hydrogen-bond donors (Lipinski definition) is 0. The summed E-state index contributed by atoms with van der Waals surface area (Å²) in [5, 5.41) is 0. The first-order chi connectivity index (χ1) is 7.30. The molecule has 0 aliphatic heterocycles. The summed E-state index contributed by atoms with van der Waals surface area (Å²) in [4.78, 5) is 0. The van der Waals surface area contributed by atoms with Gasteiger partial charge in [-0.25, -0.2) is 4.21 Å². The van der Waals surface area contributed by atoms with Crippen LogP contribution >= 0.6 is 15.9 Å². The van der Waals surface area contributed by atoms with E-state index < -0.39 is 11.0 Å². The molecule has 0 aromatic heterocycles. The van der Waals surface area contributed by atoms with Gasteiger partial charge in [0.1, 0.15) is 11.0 Å². The van der Waals surface area contributed by atoms with Gasteiger partial charge in [-0.3, -0.25) is 0 Å². The average Bonchev–Trinajstić information content (AvgIpc) is 2.17. The average molecular weight is 302 g/mol. The van der Waals surface area contributed by atoms with Crippen LogP contribution in [0.5, 0.6) is 0 Å². The third-order valence-corrected chi connectivity index (χ3v) is 4.03. The van der Waals surface area contributed by atoms with E-state index in [1.165, 1.54) is 0 Å². The molecule has 0 radical (unpaired) electrons. The number of benzene rings is 1. The van der Waals surface area contributed by atoms with Crippen LogP contribution in [0.3, 0.4) is 0 Å². The van der Waals surface area contributed by atoms with Crippen LogP contribution in [0.2, 0.25) is 0 Å². The molecule has 1 atom stereocenters. The Labute approximate surface area is 108 Å². The van der Waals surface area contributed by atoms with Crippen molar-refractivity contribution in [3.63, 3.8) is 0 Å². The Bertz CT molecular complexity index is 435. The zero-order valence-electron chi connectivity index (χ0n) is 9.95. The molecule has 2 nitrogen and oxygen atoms in total. The molecule has 0 aliphatic rings. The number of halogens is 1. The fourth-order valence-electron chi connectivity index (χ4n) is 1.02. The third-order valence-electron chi connectivity index (χ3n) is 1.96. The molecule has 0 unspecified atom stereocenters. The van der Waals surface area contributed by atoms with Crippen LogP contribution in [-0.2, 0) is 11.0 Å². The molecular formula is C12H16BrNOS. The summed E-state index contributed by atoms with van der Waals surface area (Å²) in [6.07, 6.45) is 1.67. The smallest absolute Gasteiger partial charge is 0.144 e. The second-order valence-corrected chi connectivity index (χ2v) is 7.41. The predicted octanol–water partition coefficient (Wildman–Crippen LogP) is 3.64. The zero-order chi connectivity index (χ0) is 12.3. The van der Waals surface area contributed by atoms with Crippen molar-refractivity contribution in [2.24, 2.45) is 4.40 Å². The van der Waals surface area contributed by atoms with Gasteiger partial charge in [-0.1, -0.05) is 27.6 Å². The molecule has 1 aromatic rings. The summed E-state index contributed by atoms with van der Waals surface area (Å²) in [7, 11) is -1.20. The van der Waals surface area contributed by atoms with E-state index in [0.717, 1.165) is 15.6 Å². The molecule has 0 spiro atoms. The van der Waals surface area contributed by atoms with Crippen molar-refractivity contribution >= 4 is 33.1 Å². The monoisotopic (exact) mass is 301 g/mol. The summed E-state index contributed by atoms with van der Waals surface area (Å²) in [6, 6.07) is 5.99. The molecule has 1 aromatic carbocycles. The normalized spacial score (nSPS) is 14.3. The van der Waals surface area contributed by atoms with Crippen LogP contribution in [0.4, 0.5) is 0 Å². The van der Waals surface area contributed by atoms with E-state index in [1.807, 2.05) is 45.9 Å². The highest BCUT2D eigenvalue weighted by Gasteiger charge is 2.18. The van der Waals surface area contributed by atoms with Gasteiger partial charge in [0.25, 0.3) is 0 Å². The van der Waals surface area contributed by atoms with Crippen molar-refractivity contribution in [1.29, 1.82) is 0 Å². The SMILES string of the molecule is Cc1ccc(Br)c(C=N[S@@](=O)C(C)(C)C)c1. The lowest BCUT2D eigenvalue weighted by Crippen LogP contribution is -2.19. The van der Waals surface area contributed by atoms with E-state index in [2.05, 4.69) is 20.3 Å². The van der Waals surface area contributed by atoms with Crippen molar-refractivity contribution in [3.8, 4) is 0 Å². The maximum atomic E-state index is 11.7. The summed E-state index contributed by atoms with van der Waals surface area (Å²) >= 11 is 3.44. The number of nitrogens with zero attached hydrogens (tertiary/aromatic N) is 1. The van der Waals surface area contributed by atoms with Crippen molar-refractivity contribution in [2.45, 2.75) is 32.4 Å². The van der Waals surface area contributed by atoms with Crippen LogP contribution in [0.1, 0.15) is 31.9 Å². The van der Waals surface area contributed by atoms with Gasteiger partial charge in [0.05, 0.1) is 4.75 Å². The van der Waals surface area contributed by atoms with Gasteiger partial charge in [-0.2, -0.15) is 4.40 Å². The van der Waals surface area contributed by atoms with Crippen molar-refractivity contribution in [3.05, 3.63) is 33.8 Å². The number of hydrogen-bond acceptors (Lipinski definition) is 1. The Morgan fingerprint density at radius 2 is 2.00 bits per heavy atom. The minimum Gasteiger partial charge on any atom is -0.234 e. The molecule has 0 fully saturated rings. The molecule has 0 heterocycles. The predicted molar refractivity (Wildman–Crippen MR) is 74.4 cm³/mol. The highest BCUT2D eigenvalue weighted by atomic mass is 79.9. The van der Waals surface area contributed by atoms with Crippen LogP contribution in [0.25, 0.3) is 0 Å². The number of rotatable bonds is 2. The van der Waals surface area contributed by atoms with Gasteiger partial charge in [-0.05, 0) is 39.8 Å². The van der Waals surface area contributed by atoms with Crippen LogP contribution in [0, 0.1) is 6.92 Å². The van der Waals surface area contributed by atoms with Gasteiger partial charge >= 0.3 is 0 Å². The van der Waals surface area contributed by atoms with E-state index in [4.69, 9.17) is 0 Å². The van der Waals surface area contributed by atoms with Gasteiger partial charge in [0.15, 0.2) is 0 Å². The van der Waals surface area contributed by atoms with Crippen LogP contribution in [0.15, 0.2) is 27.1 Å². The molecule has 1 rings (SSSR count). The second kappa shape index (κ2) is 5.23. The molecule has 0 bridgehead atoms. The maximum absolute atomic E-state index is 11.7. The molecule has 0 saturated heterocycles. The molecule has 0 aliphatic carbocycles. The molecule has 16 heavy (non-hydrogen) atoms. The lowest BCUT2D eigenvalue weighted by atomic mass is 10.2. The molecule has 0 N–H and O–H groups in total. The Hall–Kier alpha value is -0.480. The first-order valence-corrected chi connectivity index (χ1v) is 6.93. The molecular weight excluding hydrogens is 286 g/mol. The quantitative estimate of drug-likeness (QED) is 0.767. The minimum absolute atomic E-state index is 0.313. The lowest BCUT2D eigenvalue weighted by Gasteiger charge is -2.12. The highest BCUT2D eigenvalue weighted by molar-refractivity contribution is 9.10. The third kappa shape index (κ3) is 3.83. The molecule has 0 saturated carbocycles. The van der Waals surface area contributed by atoms with Crippen molar-refractivity contribution in [2.75, 3.05) is 0 Å². The molecule has 88 valence electrons. The van der Waals surface area contributed by atoms with E-state index in [0.29, 0.717) is 0 Å². The minimum atomic E-state index is -1.20. The van der Waals surface area contributed by atoms with Gasteiger partial charge < -0.3 is 0 Å². The van der Waals surface area contributed by atoms with Gasteiger partial charge in [0, 0.05) is 16.3 Å². The summed E-state index contributed by atoms with van der Waals surface area (Å²) in [5.74, 6) is 0. The van der Waals surface area contributed by atoms with E-state index in [1.54, 1.807) is 6.21 Å². The summed E-state index contributed by atoms with van der Waals surface area (Å²) < 4.78 is 16.5. The van der Waals surface area contributed by atoms with Gasteiger partial charge in [-0.15, -0.1) is 0 Å². The first-order valence-electron chi connectivity index (χ1n) is 5.03. The second-order valence-electron chi connectivity index (χ2n) is 4.62. The topological polar surface area (TPSA) is 29.4 Å². The number of aryl methyl sites for hydroxylation is 1. The Morgan fingerprint density at radius 3 is 2.56 bits per heavy atom. The molecule has 4 heteroatoms. The van der Waals surface area contributed by atoms with E-state index >= 15 is 0 Å². The first kappa shape index (κ1) is 13.6. The van der Waals surface area contributed by atoms with Crippen LogP contribution < -0.4 is 0 Å². The zero-order valence-corrected chi connectivity index (χ0v) is 12.4. The van der Waals surface area contributed by atoms with E-state index in [-0.39, 0.29) is 4.75 Å². The lowest BCUT2D eigenvalue weighted by molar-refractivity contribution is 0.651. The Kier molecular flexibility index (Phi) is 4.44. The summed E-state index contributed by atoms with van der Waals surface area (Å²) in [5.41, 5.74) is 2.11. The van der Waals surface area contributed by atoms with Crippen molar-refractivity contribution in [1.82, 2.24) is 0 Å². The maximum Gasteiger partial charge on any atom is 0.144 e. The highest BCUT2D eigenvalue weighted by Crippen LogP contribution is 2.17. The standard InChI is InChI=1S/C12H16BrNOS/c1-9-5-6-11(13)10(7-9)8-14-16(15)12(2,3)4/h5-8H,1-4H3/t16-/m0/s1. The Morgan fingerprint density at radius 1 is 1.38 bits per heavy atom. The van der Waals surface area contributed by atoms with Crippen LogP contribution in [-0.4, -0.2) is 15.2 Å². The van der Waals surface area contributed by atoms with E-state index in [9.17, 15) is 4.21 Å². The van der Waals surface area contributed by atoms with Crippen molar-refractivity contribution < 1.29 is 4.21 Å².